The molecular weight excluding hydrogens is 402 g/mol. The first-order valence-electron chi connectivity index (χ1n) is 10.9. The van der Waals surface area contributed by atoms with Gasteiger partial charge in [-0.2, -0.15) is 0 Å². The highest BCUT2D eigenvalue weighted by Crippen LogP contribution is 2.25. The van der Waals surface area contributed by atoms with Crippen LogP contribution in [0.1, 0.15) is 47.0 Å². The summed E-state index contributed by atoms with van der Waals surface area (Å²) in [6.45, 7) is 5.36. The second kappa shape index (κ2) is 10.9. The van der Waals surface area contributed by atoms with E-state index in [1.54, 1.807) is 24.4 Å². The lowest BCUT2D eigenvalue weighted by Crippen LogP contribution is -2.23. The van der Waals surface area contributed by atoms with Crippen LogP contribution in [0.25, 0.3) is 11.1 Å². The number of nitrogens with two attached hydrogens (primary N) is 1. The van der Waals surface area contributed by atoms with Gasteiger partial charge in [0.2, 0.25) is 0 Å². The van der Waals surface area contributed by atoms with Crippen LogP contribution in [0, 0.1) is 5.92 Å². The van der Waals surface area contributed by atoms with E-state index in [1.807, 2.05) is 12.1 Å². The number of carbonyl (C=O) groups is 1. The first-order valence-corrected chi connectivity index (χ1v) is 10.9. The van der Waals surface area contributed by atoms with Gasteiger partial charge in [-0.05, 0) is 59.7 Å². The standard InChI is InChI=1S/C26H31N3O3/c1-17(2)13-22-14-20(7-9-23(22)26(31)32)19-5-3-18(4-6-19)11-12-28-16-24(30)21-8-10-25(27)29-15-21/h3-10,14-15,17,24,28,30H,11-13,16H2,1-2H3,(H2,27,29)(H,31,32)/t24-/m0/s1. The Morgan fingerprint density at radius 1 is 1.06 bits per heavy atom. The molecule has 5 N–H and O–H groups in total. The Balaban J connectivity index is 1.56. The number of benzene rings is 2. The quantitative estimate of drug-likeness (QED) is 0.359. The Labute approximate surface area is 189 Å². The Morgan fingerprint density at radius 3 is 2.41 bits per heavy atom. The molecule has 0 unspecified atom stereocenters. The number of nitrogens with one attached hydrogen (secondary N) is 1. The summed E-state index contributed by atoms with van der Waals surface area (Å²) in [5, 5.41) is 23.0. The molecule has 0 fully saturated rings. The minimum atomic E-state index is -0.882. The van der Waals surface area contributed by atoms with Crippen molar-refractivity contribution < 1.29 is 15.0 Å². The molecule has 0 aliphatic rings. The predicted molar refractivity (Wildman–Crippen MR) is 128 cm³/mol. The number of rotatable bonds is 10. The molecule has 3 rings (SSSR count). The highest BCUT2D eigenvalue weighted by atomic mass is 16.4. The van der Waals surface area contributed by atoms with E-state index in [2.05, 4.69) is 48.4 Å². The molecule has 2 aromatic carbocycles. The van der Waals surface area contributed by atoms with Crippen molar-refractivity contribution in [2.24, 2.45) is 5.92 Å². The molecule has 3 aromatic rings. The van der Waals surface area contributed by atoms with E-state index in [9.17, 15) is 15.0 Å². The van der Waals surface area contributed by atoms with Crippen LogP contribution in [-0.4, -0.2) is 34.3 Å². The van der Waals surface area contributed by atoms with Gasteiger partial charge < -0.3 is 21.3 Å². The molecule has 0 saturated heterocycles. The summed E-state index contributed by atoms with van der Waals surface area (Å²) in [7, 11) is 0. The monoisotopic (exact) mass is 433 g/mol. The fraction of sp³-hybridized carbons (Fsp3) is 0.308. The maximum Gasteiger partial charge on any atom is 0.335 e. The van der Waals surface area contributed by atoms with Crippen LogP contribution >= 0.6 is 0 Å². The molecule has 0 saturated carbocycles. The van der Waals surface area contributed by atoms with Crippen molar-refractivity contribution in [3.8, 4) is 11.1 Å². The van der Waals surface area contributed by atoms with Crippen molar-refractivity contribution in [1.29, 1.82) is 0 Å². The van der Waals surface area contributed by atoms with Gasteiger partial charge in [0.1, 0.15) is 5.82 Å². The van der Waals surface area contributed by atoms with E-state index in [4.69, 9.17) is 5.73 Å². The average Bonchev–Trinajstić information content (AvgIpc) is 2.77. The summed E-state index contributed by atoms with van der Waals surface area (Å²) in [6.07, 6.45) is 2.54. The molecule has 0 spiro atoms. The minimum Gasteiger partial charge on any atom is -0.478 e. The summed E-state index contributed by atoms with van der Waals surface area (Å²) in [5.74, 6) is -0.0628. The topological polar surface area (TPSA) is 108 Å². The SMILES string of the molecule is CC(C)Cc1cc(-c2ccc(CCNC[C@H](O)c3ccc(N)nc3)cc2)ccc1C(=O)O. The van der Waals surface area contributed by atoms with Crippen LogP contribution in [-0.2, 0) is 12.8 Å². The van der Waals surface area contributed by atoms with E-state index in [0.29, 0.717) is 23.8 Å². The maximum atomic E-state index is 11.5. The Kier molecular flexibility index (Phi) is 7.98. The third kappa shape index (κ3) is 6.39. The lowest BCUT2D eigenvalue weighted by atomic mass is 9.93. The Bertz CT molecular complexity index is 1030. The van der Waals surface area contributed by atoms with Gasteiger partial charge in [-0.15, -0.1) is 0 Å². The second-order valence-electron chi connectivity index (χ2n) is 8.46. The van der Waals surface area contributed by atoms with Gasteiger partial charge in [-0.1, -0.05) is 56.3 Å². The van der Waals surface area contributed by atoms with Gasteiger partial charge in [0.05, 0.1) is 11.7 Å². The maximum absolute atomic E-state index is 11.5. The van der Waals surface area contributed by atoms with E-state index in [1.165, 1.54) is 5.56 Å². The number of aliphatic hydroxyl groups excluding tert-OH is 1. The van der Waals surface area contributed by atoms with Crippen molar-refractivity contribution in [2.45, 2.75) is 32.8 Å². The van der Waals surface area contributed by atoms with Crippen molar-refractivity contribution in [2.75, 3.05) is 18.8 Å². The number of aliphatic hydroxyl groups is 1. The number of carboxylic acids is 1. The molecule has 1 aromatic heterocycles. The smallest absolute Gasteiger partial charge is 0.335 e. The number of hydrogen-bond donors (Lipinski definition) is 4. The average molecular weight is 434 g/mol. The number of nitrogen functional groups attached to an aromatic ring is 1. The Hall–Kier alpha value is -3.22. The van der Waals surface area contributed by atoms with Crippen LogP contribution in [0.2, 0.25) is 0 Å². The molecule has 0 amide bonds. The highest BCUT2D eigenvalue weighted by Gasteiger charge is 2.13. The molecule has 6 nitrogen and oxygen atoms in total. The lowest BCUT2D eigenvalue weighted by molar-refractivity contribution is 0.0695. The number of aromatic nitrogens is 1. The van der Waals surface area contributed by atoms with Gasteiger partial charge in [-0.25, -0.2) is 9.78 Å². The van der Waals surface area contributed by atoms with E-state index in [0.717, 1.165) is 41.6 Å². The van der Waals surface area contributed by atoms with Crippen LogP contribution in [0.5, 0.6) is 0 Å². The number of nitrogens with zero attached hydrogens (tertiary/aromatic N) is 1. The molecule has 0 aliphatic carbocycles. The fourth-order valence-corrected chi connectivity index (χ4v) is 3.66. The van der Waals surface area contributed by atoms with Gasteiger partial charge in [0.15, 0.2) is 0 Å². The van der Waals surface area contributed by atoms with Crippen molar-refractivity contribution in [1.82, 2.24) is 10.3 Å². The van der Waals surface area contributed by atoms with Crippen LogP contribution in [0.4, 0.5) is 5.82 Å². The Morgan fingerprint density at radius 2 is 1.78 bits per heavy atom. The lowest BCUT2D eigenvalue weighted by Gasteiger charge is -2.13. The van der Waals surface area contributed by atoms with Crippen molar-refractivity contribution in [3.05, 3.63) is 83.0 Å². The van der Waals surface area contributed by atoms with Gasteiger partial charge >= 0.3 is 5.97 Å². The molecular formula is C26H31N3O3. The summed E-state index contributed by atoms with van der Waals surface area (Å²) in [5.41, 5.74) is 10.8. The molecule has 0 bridgehead atoms. The normalized spacial score (nSPS) is 12.1. The summed E-state index contributed by atoms with van der Waals surface area (Å²) < 4.78 is 0. The van der Waals surface area contributed by atoms with Crippen molar-refractivity contribution in [3.63, 3.8) is 0 Å². The van der Waals surface area contributed by atoms with Gasteiger partial charge in [0, 0.05) is 18.3 Å². The van der Waals surface area contributed by atoms with E-state index in [-0.39, 0.29) is 0 Å². The zero-order valence-corrected chi connectivity index (χ0v) is 18.6. The third-order valence-electron chi connectivity index (χ3n) is 5.37. The zero-order valence-electron chi connectivity index (χ0n) is 18.6. The zero-order chi connectivity index (χ0) is 23.1. The first kappa shape index (κ1) is 23.4. The van der Waals surface area contributed by atoms with E-state index >= 15 is 0 Å². The molecule has 1 atom stereocenters. The van der Waals surface area contributed by atoms with Crippen LogP contribution in [0.3, 0.4) is 0 Å². The fourth-order valence-electron chi connectivity index (χ4n) is 3.66. The van der Waals surface area contributed by atoms with Gasteiger partial charge in [0.25, 0.3) is 0 Å². The molecule has 32 heavy (non-hydrogen) atoms. The molecule has 6 heteroatoms. The third-order valence-corrected chi connectivity index (χ3v) is 5.37. The van der Waals surface area contributed by atoms with Crippen LogP contribution < -0.4 is 11.1 Å². The van der Waals surface area contributed by atoms with Crippen LogP contribution in [0.15, 0.2) is 60.8 Å². The highest BCUT2D eigenvalue weighted by molar-refractivity contribution is 5.90. The van der Waals surface area contributed by atoms with E-state index < -0.39 is 12.1 Å². The number of anilines is 1. The molecule has 1 heterocycles. The largest absolute Gasteiger partial charge is 0.478 e. The molecule has 168 valence electrons. The number of pyridine rings is 1. The minimum absolute atomic E-state index is 0.377. The molecule has 0 aliphatic heterocycles. The van der Waals surface area contributed by atoms with Gasteiger partial charge in [-0.3, -0.25) is 0 Å². The molecule has 0 radical (unpaired) electrons. The first-order chi connectivity index (χ1) is 15.3. The predicted octanol–water partition coefficient (Wildman–Crippen LogP) is 4.09. The van der Waals surface area contributed by atoms with Crippen molar-refractivity contribution >= 4 is 11.8 Å². The number of aromatic carboxylic acids is 1. The number of carboxylic acid groups (broad SMARTS) is 1. The summed E-state index contributed by atoms with van der Waals surface area (Å²) in [4.78, 5) is 15.5. The summed E-state index contributed by atoms with van der Waals surface area (Å²) in [6, 6.07) is 17.3. The number of hydrogen-bond acceptors (Lipinski definition) is 5. The second-order valence-corrected chi connectivity index (χ2v) is 8.46. The summed E-state index contributed by atoms with van der Waals surface area (Å²) >= 11 is 0.